The van der Waals surface area contributed by atoms with Crippen LogP contribution in [0.3, 0.4) is 0 Å². The molecule has 0 bridgehead atoms. The number of esters is 2. The Morgan fingerprint density at radius 1 is 1.04 bits per heavy atom. The maximum absolute atomic E-state index is 13.7. The third-order valence-corrected chi connectivity index (χ3v) is 8.17. The minimum absolute atomic E-state index is 0.177. The molecule has 278 valence electrons. The van der Waals surface area contributed by atoms with Crippen molar-refractivity contribution in [1.29, 1.82) is 0 Å². The minimum atomic E-state index is -1.39. The number of carbonyl (C=O) groups excluding carboxylic acids is 5. The maximum Gasteiger partial charge on any atom is 0.322 e. The zero-order chi connectivity index (χ0) is 38.3. The number of hydrogen-bond acceptors (Lipinski definition) is 10. The van der Waals surface area contributed by atoms with E-state index < -0.39 is 83.2 Å². The molecule has 4 atom stereocenters. The van der Waals surface area contributed by atoms with Gasteiger partial charge in [0, 0.05) is 18.9 Å². The van der Waals surface area contributed by atoms with Crippen LogP contribution in [0.25, 0.3) is 17.0 Å². The first kappa shape index (κ1) is 40.6. The van der Waals surface area contributed by atoms with Gasteiger partial charge in [0.05, 0.1) is 23.0 Å². The molecule has 1 aliphatic rings. The molecule has 4 N–H and O–H groups in total. The highest BCUT2D eigenvalue weighted by Crippen LogP contribution is 2.24. The number of nitrogens with one attached hydrogen (secondary N) is 3. The smallest absolute Gasteiger partial charge is 0.322 e. The highest BCUT2D eigenvalue weighted by atomic mass is 16.6. The predicted molar refractivity (Wildman–Crippen MR) is 189 cm³/mol. The molecule has 51 heavy (non-hydrogen) atoms. The van der Waals surface area contributed by atoms with E-state index >= 15 is 0 Å². The van der Waals surface area contributed by atoms with E-state index in [2.05, 4.69) is 21.0 Å². The molecule has 1 aromatic carbocycles. The molecule has 3 amide bonds. The summed E-state index contributed by atoms with van der Waals surface area (Å²) in [6.45, 7) is 15.1. The molecule has 1 aliphatic heterocycles. The fourth-order valence-electron chi connectivity index (χ4n) is 5.35. The molecule has 0 saturated carbocycles. The van der Waals surface area contributed by atoms with Gasteiger partial charge in [-0.25, -0.2) is 10.4 Å². The number of aromatic nitrogens is 1. The second kappa shape index (κ2) is 16.9. The van der Waals surface area contributed by atoms with Crippen molar-refractivity contribution in [3.05, 3.63) is 47.7 Å². The van der Waals surface area contributed by atoms with Gasteiger partial charge in [0.15, 0.2) is 0 Å². The van der Waals surface area contributed by atoms with E-state index in [1.807, 2.05) is 24.3 Å². The summed E-state index contributed by atoms with van der Waals surface area (Å²) >= 11 is 0. The van der Waals surface area contributed by atoms with Gasteiger partial charge in [0.1, 0.15) is 29.8 Å². The average Bonchev–Trinajstić information content (AvgIpc) is 3.03. The molecule has 14 nitrogen and oxygen atoms in total. The number of aliphatic carboxylic acids is 1. The molecule has 1 fully saturated rings. The number of hydrazine groups is 1. The van der Waals surface area contributed by atoms with E-state index in [-0.39, 0.29) is 6.54 Å². The highest BCUT2D eigenvalue weighted by Gasteiger charge is 2.37. The van der Waals surface area contributed by atoms with Gasteiger partial charge in [-0.3, -0.25) is 33.8 Å². The van der Waals surface area contributed by atoms with Gasteiger partial charge < -0.3 is 25.2 Å². The molecule has 2 aromatic rings. The Balaban J connectivity index is 1.78. The minimum Gasteiger partial charge on any atom is -0.480 e. The van der Waals surface area contributed by atoms with E-state index in [1.165, 1.54) is 6.92 Å². The molecule has 1 saturated heterocycles. The van der Waals surface area contributed by atoms with Gasteiger partial charge >= 0.3 is 17.9 Å². The van der Waals surface area contributed by atoms with Crippen molar-refractivity contribution < 1.29 is 43.3 Å². The summed E-state index contributed by atoms with van der Waals surface area (Å²) in [7, 11) is 0. The molecular weight excluding hydrogens is 658 g/mol. The molecule has 0 unspecified atom stereocenters. The van der Waals surface area contributed by atoms with Crippen molar-refractivity contribution in [1.82, 2.24) is 26.1 Å². The van der Waals surface area contributed by atoms with Crippen molar-refractivity contribution >= 4 is 52.6 Å². The summed E-state index contributed by atoms with van der Waals surface area (Å²) in [5, 5.41) is 16.9. The summed E-state index contributed by atoms with van der Waals surface area (Å²) < 4.78 is 10.7. The van der Waals surface area contributed by atoms with Crippen LogP contribution in [0.15, 0.2) is 36.4 Å². The van der Waals surface area contributed by atoms with Crippen LogP contribution >= 0.6 is 0 Å². The SMILES string of the molecule is CC(=O)O[C@H](C)c1ccc2ccc(/C=C/C(C)(C)C(=O)N[C@H](C(=O)N[C@@H](CC(=O)OC(C)(C)C)C(=O)N3CCC[C@@H](C(=O)O)N3)C(C)C)cc2n1. The first-order valence-electron chi connectivity index (χ1n) is 17.1. The number of hydrogen-bond donors (Lipinski definition) is 4. The fourth-order valence-corrected chi connectivity index (χ4v) is 5.35. The molecular formula is C37H51N5O9. The van der Waals surface area contributed by atoms with E-state index in [4.69, 9.17) is 9.47 Å². The van der Waals surface area contributed by atoms with E-state index in [1.54, 1.807) is 73.6 Å². The third kappa shape index (κ3) is 11.9. The van der Waals surface area contributed by atoms with Gasteiger partial charge in [-0.2, -0.15) is 0 Å². The summed E-state index contributed by atoms with van der Waals surface area (Å²) in [5.74, 6) is -4.52. The van der Waals surface area contributed by atoms with Crippen LogP contribution < -0.4 is 16.1 Å². The molecule has 1 aromatic heterocycles. The number of carbonyl (C=O) groups is 6. The molecule has 3 rings (SSSR count). The molecule has 0 aliphatic carbocycles. The maximum atomic E-state index is 13.7. The lowest BCUT2D eigenvalue weighted by Crippen LogP contribution is -2.62. The quantitative estimate of drug-likeness (QED) is 0.221. The number of amides is 3. The Morgan fingerprint density at radius 2 is 1.71 bits per heavy atom. The summed E-state index contributed by atoms with van der Waals surface area (Å²) in [6.07, 6.45) is 3.18. The van der Waals surface area contributed by atoms with Crippen molar-refractivity contribution in [2.75, 3.05) is 6.54 Å². The van der Waals surface area contributed by atoms with Gasteiger partial charge in [-0.1, -0.05) is 44.2 Å². The number of benzene rings is 1. The lowest BCUT2D eigenvalue weighted by Gasteiger charge is -2.35. The van der Waals surface area contributed by atoms with E-state index in [9.17, 15) is 33.9 Å². The number of ether oxygens (including phenoxy) is 2. The standard InChI is InChI=1S/C37H51N5O9/c1-21(2)31(32(45)39-29(20-30(44)51-36(5,6)7)33(46)42-18-10-11-27(41-42)34(47)48)40-35(49)37(8,9)17-16-24-12-13-25-14-15-26(38-28(25)19-24)22(3)50-23(4)43/h12-17,19,21-22,27,29,31,41H,10-11,18,20H2,1-9H3,(H,39,45)(H,40,49)(H,47,48)/b17-16+/t22-,27+,29+,31+/m1/s1. The fraction of sp³-hybridized carbons (Fsp3) is 0.541. The Labute approximate surface area is 298 Å². The molecule has 14 heteroatoms. The molecule has 0 radical (unpaired) electrons. The highest BCUT2D eigenvalue weighted by molar-refractivity contribution is 5.95. The summed E-state index contributed by atoms with van der Waals surface area (Å²) in [5.41, 5.74) is 2.78. The van der Waals surface area contributed by atoms with Crippen LogP contribution in [-0.2, 0) is 38.2 Å². The second-order valence-corrected chi connectivity index (χ2v) is 14.7. The largest absolute Gasteiger partial charge is 0.480 e. The van der Waals surface area contributed by atoms with E-state index in [0.29, 0.717) is 24.1 Å². The van der Waals surface area contributed by atoms with Crippen LogP contribution in [0, 0.1) is 11.3 Å². The van der Waals surface area contributed by atoms with Gasteiger partial charge in [0.25, 0.3) is 5.91 Å². The second-order valence-electron chi connectivity index (χ2n) is 14.7. The van der Waals surface area contributed by atoms with Crippen molar-refractivity contribution in [3.63, 3.8) is 0 Å². The molecule has 2 heterocycles. The monoisotopic (exact) mass is 709 g/mol. The van der Waals surface area contributed by atoms with Crippen molar-refractivity contribution in [2.24, 2.45) is 11.3 Å². The van der Waals surface area contributed by atoms with Crippen LogP contribution in [0.2, 0.25) is 0 Å². The Morgan fingerprint density at radius 3 is 2.31 bits per heavy atom. The molecule has 0 spiro atoms. The number of carboxylic acids is 1. The van der Waals surface area contributed by atoms with Gasteiger partial charge in [-0.05, 0) is 78.0 Å². The van der Waals surface area contributed by atoms with Crippen molar-refractivity contribution in [3.8, 4) is 0 Å². The zero-order valence-electron chi connectivity index (χ0n) is 30.9. The predicted octanol–water partition coefficient (Wildman–Crippen LogP) is 3.84. The van der Waals surface area contributed by atoms with E-state index in [0.717, 1.165) is 16.0 Å². The topological polar surface area (TPSA) is 193 Å². The Bertz CT molecular complexity index is 1660. The number of rotatable bonds is 13. The normalized spacial score (nSPS) is 17.1. The van der Waals surface area contributed by atoms with Crippen LogP contribution in [0.4, 0.5) is 0 Å². The Kier molecular flexibility index (Phi) is 13.5. The average molecular weight is 710 g/mol. The summed E-state index contributed by atoms with van der Waals surface area (Å²) in [6, 6.07) is 5.84. The number of nitrogens with zero attached hydrogens (tertiary/aromatic N) is 2. The third-order valence-electron chi connectivity index (χ3n) is 8.17. The van der Waals surface area contributed by atoms with Crippen molar-refractivity contribution in [2.45, 2.75) is 111 Å². The number of fused-ring (bicyclic) bond motifs is 1. The van der Waals surface area contributed by atoms with Crippen LogP contribution in [0.1, 0.15) is 98.9 Å². The zero-order valence-corrected chi connectivity index (χ0v) is 30.9. The first-order valence-corrected chi connectivity index (χ1v) is 17.1. The lowest BCUT2D eigenvalue weighted by atomic mass is 9.89. The summed E-state index contributed by atoms with van der Waals surface area (Å²) in [4.78, 5) is 81.4. The van der Waals surface area contributed by atoms with Gasteiger partial charge in [0.2, 0.25) is 11.8 Å². The Hall–Kier alpha value is -4.85. The number of pyridine rings is 1. The first-order chi connectivity index (χ1) is 23.7. The van der Waals surface area contributed by atoms with Crippen LogP contribution in [0.5, 0.6) is 0 Å². The van der Waals surface area contributed by atoms with Crippen LogP contribution in [-0.4, -0.2) is 81.0 Å². The lowest BCUT2D eigenvalue weighted by molar-refractivity contribution is -0.159. The number of carboxylic acid groups (broad SMARTS) is 1. The van der Waals surface area contributed by atoms with Gasteiger partial charge in [-0.15, -0.1) is 0 Å².